The largest absolute Gasteiger partial charge is 0.487 e. The summed E-state index contributed by atoms with van der Waals surface area (Å²) in [6.45, 7) is 2.33. The van der Waals surface area contributed by atoms with Crippen LogP contribution in [0, 0.1) is 3.57 Å². The Hall–Kier alpha value is -0.290. The van der Waals surface area contributed by atoms with Crippen LogP contribution in [0.4, 0.5) is 0 Å². The third-order valence-electron chi connectivity index (χ3n) is 4.13. The molecule has 2 aliphatic rings. The van der Waals surface area contributed by atoms with Crippen LogP contribution in [0.1, 0.15) is 24.8 Å². The van der Waals surface area contributed by atoms with Crippen molar-refractivity contribution in [2.24, 2.45) is 0 Å². The van der Waals surface area contributed by atoms with Gasteiger partial charge >= 0.3 is 0 Å². The van der Waals surface area contributed by atoms with Crippen LogP contribution in [0.25, 0.3) is 0 Å². The number of ether oxygens (including phenoxy) is 1. The van der Waals surface area contributed by atoms with Gasteiger partial charge in [-0.1, -0.05) is 6.07 Å². The lowest BCUT2D eigenvalue weighted by Crippen LogP contribution is -2.48. The SMILES string of the molecule is CN1CCC2(CCc3c(I)cccc3O2)CC1. The van der Waals surface area contributed by atoms with Crippen LogP contribution < -0.4 is 4.74 Å². The van der Waals surface area contributed by atoms with E-state index in [0.29, 0.717) is 0 Å². The highest BCUT2D eigenvalue weighted by atomic mass is 127. The van der Waals surface area contributed by atoms with E-state index in [4.69, 9.17) is 4.74 Å². The lowest BCUT2D eigenvalue weighted by Gasteiger charge is -2.44. The Bertz CT molecular complexity index is 424. The zero-order chi connectivity index (χ0) is 11.9. The first kappa shape index (κ1) is 11.8. The fourth-order valence-electron chi connectivity index (χ4n) is 2.89. The predicted octanol–water partition coefficient (Wildman–Crippen LogP) is 3.08. The minimum atomic E-state index is 0.129. The van der Waals surface area contributed by atoms with Gasteiger partial charge in [0.05, 0.1) is 0 Å². The first-order chi connectivity index (χ1) is 8.19. The lowest BCUT2D eigenvalue weighted by molar-refractivity contribution is -0.00893. The van der Waals surface area contributed by atoms with E-state index < -0.39 is 0 Å². The molecule has 0 unspecified atom stereocenters. The average Bonchev–Trinajstić information content (AvgIpc) is 2.34. The average molecular weight is 343 g/mol. The molecule has 17 heavy (non-hydrogen) atoms. The number of fused-ring (bicyclic) bond motifs is 1. The van der Waals surface area contributed by atoms with Crippen LogP contribution in [0.15, 0.2) is 18.2 Å². The van der Waals surface area contributed by atoms with Gasteiger partial charge in [-0.3, -0.25) is 0 Å². The second-order valence-electron chi connectivity index (χ2n) is 5.30. The smallest absolute Gasteiger partial charge is 0.124 e. The van der Waals surface area contributed by atoms with Crippen molar-refractivity contribution in [1.29, 1.82) is 0 Å². The van der Waals surface area contributed by atoms with Gasteiger partial charge < -0.3 is 9.64 Å². The molecule has 0 aromatic heterocycles. The summed E-state index contributed by atoms with van der Waals surface area (Å²) in [6, 6.07) is 6.42. The molecule has 0 aliphatic carbocycles. The number of rotatable bonds is 0. The first-order valence-corrected chi connectivity index (χ1v) is 7.41. The van der Waals surface area contributed by atoms with Crippen molar-refractivity contribution in [2.75, 3.05) is 20.1 Å². The molecule has 2 aliphatic heterocycles. The van der Waals surface area contributed by atoms with E-state index in [2.05, 4.69) is 52.7 Å². The first-order valence-electron chi connectivity index (χ1n) is 6.34. The summed E-state index contributed by atoms with van der Waals surface area (Å²) < 4.78 is 7.71. The van der Waals surface area contributed by atoms with Crippen LogP contribution >= 0.6 is 22.6 Å². The summed E-state index contributed by atoms with van der Waals surface area (Å²) in [7, 11) is 2.20. The summed E-state index contributed by atoms with van der Waals surface area (Å²) in [5.74, 6) is 1.13. The van der Waals surface area contributed by atoms with Crippen LogP contribution in [-0.2, 0) is 6.42 Å². The Morgan fingerprint density at radius 3 is 2.76 bits per heavy atom. The molecule has 1 aromatic rings. The number of nitrogens with zero attached hydrogens (tertiary/aromatic N) is 1. The Balaban J connectivity index is 1.85. The van der Waals surface area contributed by atoms with E-state index in [9.17, 15) is 0 Å². The number of hydrogen-bond acceptors (Lipinski definition) is 2. The number of piperidine rings is 1. The fraction of sp³-hybridized carbons (Fsp3) is 0.571. The molecule has 1 spiro atoms. The van der Waals surface area contributed by atoms with Crippen molar-refractivity contribution in [1.82, 2.24) is 4.90 Å². The quantitative estimate of drug-likeness (QED) is 0.672. The summed E-state index contributed by atoms with van der Waals surface area (Å²) in [5.41, 5.74) is 1.54. The summed E-state index contributed by atoms with van der Waals surface area (Å²) in [6.07, 6.45) is 4.72. The molecular formula is C14H18INO. The molecular weight excluding hydrogens is 325 g/mol. The molecule has 0 radical (unpaired) electrons. The zero-order valence-corrected chi connectivity index (χ0v) is 12.4. The normalized spacial score (nSPS) is 23.2. The van der Waals surface area contributed by atoms with Gasteiger partial charge in [0.15, 0.2) is 0 Å². The maximum atomic E-state index is 6.36. The van der Waals surface area contributed by atoms with Gasteiger partial charge in [-0.15, -0.1) is 0 Å². The van der Waals surface area contributed by atoms with E-state index >= 15 is 0 Å². The monoisotopic (exact) mass is 343 g/mol. The molecule has 1 aromatic carbocycles. The third-order valence-corrected chi connectivity index (χ3v) is 5.14. The van der Waals surface area contributed by atoms with Crippen LogP contribution in [0.2, 0.25) is 0 Å². The van der Waals surface area contributed by atoms with Crippen LogP contribution in [0.3, 0.4) is 0 Å². The van der Waals surface area contributed by atoms with E-state index in [1.165, 1.54) is 47.9 Å². The molecule has 0 saturated carbocycles. The number of benzene rings is 1. The second-order valence-corrected chi connectivity index (χ2v) is 6.47. The fourth-order valence-corrected chi connectivity index (χ4v) is 3.64. The van der Waals surface area contributed by atoms with Gasteiger partial charge in [0.1, 0.15) is 11.4 Å². The highest BCUT2D eigenvalue weighted by molar-refractivity contribution is 14.1. The molecule has 1 saturated heterocycles. The topological polar surface area (TPSA) is 12.5 Å². The van der Waals surface area contributed by atoms with Crippen molar-refractivity contribution in [3.8, 4) is 5.75 Å². The van der Waals surface area contributed by atoms with E-state index in [1.54, 1.807) is 0 Å². The molecule has 0 atom stereocenters. The highest BCUT2D eigenvalue weighted by Crippen LogP contribution is 2.40. The number of likely N-dealkylation sites (tertiary alicyclic amines) is 1. The van der Waals surface area contributed by atoms with Crippen molar-refractivity contribution >= 4 is 22.6 Å². The Labute approximate surface area is 116 Å². The van der Waals surface area contributed by atoms with Crippen LogP contribution in [-0.4, -0.2) is 30.6 Å². The maximum Gasteiger partial charge on any atom is 0.124 e. The van der Waals surface area contributed by atoms with Gasteiger partial charge in [0.25, 0.3) is 0 Å². The third kappa shape index (κ3) is 2.19. The summed E-state index contributed by atoms with van der Waals surface area (Å²) in [4.78, 5) is 2.40. The van der Waals surface area contributed by atoms with E-state index in [1.807, 2.05) is 0 Å². The highest BCUT2D eigenvalue weighted by Gasteiger charge is 2.38. The second kappa shape index (κ2) is 4.43. The zero-order valence-electron chi connectivity index (χ0n) is 10.2. The molecule has 0 bridgehead atoms. The van der Waals surface area contributed by atoms with E-state index in [-0.39, 0.29) is 5.60 Å². The minimum Gasteiger partial charge on any atom is -0.487 e. The van der Waals surface area contributed by atoms with Gasteiger partial charge in [-0.05, 0) is 67.5 Å². The molecule has 3 rings (SSSR count). The summed E-state index contributed by atoms with van der Waals surface area (Å²) >= 11 is 2.42. The molecule has 0 N–H and O–H groups in total. The Morgan fingerprint density at radius 1 is 1.24 bits per heavy atom. The molecule has 92 valence electrons. The van der Waals surface area contributed by atoms with E-state index in [0.717, 1.165) is 5.75 Å². The predicted molar refractivity (Wildman–Crippen MR) is 77.6 cm³/mol. The van der Waals surface area contributed by atoms with Crippen molar-refractivity contribution in [3.63, 3.8) is 0 Å². The Morgan fingerprint density at radius 2 is 2.00 bits per heavy atom. The minimum absolute atomic E-state index is 0.129. The van der Waals surface area contributed by atoms with Gasteiger partial charge in [0.2, 0.25) is 0 Å². The molecule has 1 fully saturated rings. The van der Waals surface area contributed by atoms with Gasteiger partial charge in [0, 0.05) is 22.2 Å². The standard InChI is InChI=1S/C14H18INO/c1-16-9-7-14(8-10-16)6-5-11-12(15)3-2-4-13(11)17-14/h2-4H,5-10H2,1H3. The van der Waals surface area contributed by atoms with Crippen molar-refractivity contribution in [3.05, 3.63) is 27.3 Å². The molecule has 3 heteroatoms. The summed E-state index contributed by atoms with van der Waals surface area (Å²) in [5, 5.41) is 0. The molecule has 2 nitrogen and oxygen atoms in total. The number of halogens is 1. The van der Waals surface area contributed by atoms with Gasteiger partial charge in [-0.2, -0.15) is 0 Å². The van der Waals surface area contributed by atoms with Crippen LogP contribution in [0.5, 0.6) is 5.75 Å². The molecule has 0 amide bonds. The lowest BCUT2D eigenvalue weighted by atomic mass is 9.83. The maximum absolute atomic E-state index is 6.36. The Kier molecular flexibility index (Phi) is 3.07. The molecule has 2 heterocycles. The number of hydrogen-bond donors (Lipinski definition) is 0. The van der Waals surface area contributed by atoms with Crippen molar-refractivity contribution in [2.45, 2.75) is 31.3 Å². The van der Waals surface area contributed by atoms with Gasteiger partial charge in [-0.25, -0.2) is 0 Å². The van der Waals surface area contributed by atoms with Crippen molar-refractivity contribution < 1.29 is 4.74 Å².